The van der Waals surface area contributed by atoms with E-state index in [9.17, 15) is 18.5 Å². The van der Waals surface area contributed by atoms with Gasteiger partial charge in [-0.05, 0) is 30.0 Å². The summed E-state index contributed by atoms with van der Waals surface area (Å²) < 4.78 is 43.2. The Kier molecular flexibility index (Phi) is 7.23. The van der Waals surface area contributed by atoms with Crippen LogP contribution in [0.4, 0.5) is 5.88 Å². The third kappa shape index (κ3) is 5.09. The van der Waals surface area contributed by atoms with E-state index in [1.165, 1.54) is 24.4 Å². The molecule has 1 aliphatic heterocycles. The highest BCUT2D eigenvalue weighted by Gasteiger charge is 2.28. The highest BCUT2D eigenvalue weighted by Crippen LogP contribution is 2.36. The fraction of sp³-hybridized carbons (Fsp3) is 0.200. The zero-order chi connectivity index (χ0) is 24.2. The minimum absolute atomic E-state index is 0.0106. The van der Waals surface area contributed by atoms with E-state index in [1.807, 2.05) is 6.07 Å². The predicted molar refractivity (Wildman–Crippen MR) is 118 cm³/mol. The maximum atomic E-state index is 12.9. The first-order valence-corrected chi connectivity index (χ1v) is 11.8. The average molecular weight is 507 g/mol. The number of carbonyl (C=O) groups excluding carboxylic acids is 1. The zero-order valence-corrected chi connectivity index (χ0v) is 19.6. The van der Waals surface area contributed by atoms with Crippen LogP contribution in [0.3, 0.4) is 0 Å². The van der Waals surface area contributed by atoms with E-state index in [-0.39, 0.29) is 39.5 Å². The molecule has 33 heavy (non-hydrogen) atoms. The molecule has 3 aromatic rings. The molecule has 13 heteroatoms. The van der Waals surface area contributed by atoms with Crippen molar-refractivity contribution in [3.8, 4) is 23.6 Å². The Hall–Kier alpha value is -3.58. The molecule has 0 amide bonds. The summed E-state index contributed by atoms with van der Waals surface area (Å²) in [5.41, 5.74) is 0.976. The van der Waals surface area contributed by atoms with Gasteiger partial charge in [0, 0.05) is 19.4 Å². The molecule has 0 bridgehead atoms. The normalized spacial score (nSPS) is 11.7. The second kappa shape index (κ2) is 9.92. The maximum absolute atomic E-state index is 12.9. The maximum Gasteiger partial charge on any atom is 0.265 e. The fourth-order valence-electron chi connectivity index (χ4n) is 2.80. The van der Waals surface area contributed by atoms with Gasteiger partial charge in [0.15, 0.2) is 17.3 Å². The topological polar surface area (TPSA) is 155 Å². The number of ether oxygens (including phenoxy) is 2. The van der Waals surface area contributed by atoms with E-state index in [0.717, 1.165) is 11.3 Å². The number of fused-ring (bicyclic) bond motifs is 1. The summed E-state index contributed by atoms with van der Waals surface area (Å²) in [4.78, 5) is 12.7. The fourth-order valence-corrected chi connectivity index (χ4v) is 5.36. The van der Waals surface area contributed by atoms with Crippen molar-refractivity contribution in [3.63, 3.8) is 0 Å². The lowest BCUT2D eigenvalue weighted by molar-refractivity contribution is 0.0994. The first-order valence-electron chi connectivity index (χ1n) is 9.10. The number of nitrogens with zero attached hydrogens (tertiary/aromatic N) is 3. The van der Waals surface area contributed by atoms with E-state index in [1.54, 1.807) is 19.1 Å². The van der Waals surface area contributed by atoms with Crippen molar-refractivity contribution >= 4 is 44.6 Å². The highest BCUT2D eigenvalue weighted by molar-refractivity contribution is 7.93. The van der Waals surface area contributed by atoms with Gasteiger partial charge in [-0.2, -0.15) is 10.5 Å². The van der Waals surface area contributed by atoms with Gasteiger partial charge in [0.25, 0.3) is 15.9 Å². The third-order valence-corrected chi connectivity index (χ3v) is 7.16. The van der Waals surface area contributed by atoms with Gasteiger partial charge in [-0.25, -0.2) is 13.1 Å². The molecule has 1 aromatic carbocycles. The molecule has 10 nitrogen and oxygen atoms in total. The van der Waals surface area contributed by atoms with Crippen LogP contribution in [-0.2, 0) is 16.4 Å². The molecular formula is C20H15ClN4O6S2. The molecule has 0 spiro atoms. The molecular weight excluding hydrogens is 492 g/mol. The number of benzene rings is 1. The van der Waals surface area contributed by atoms with Crippen molar-refractivity contribution < 1.29 is 27.2 Å². The molecule has 170 valence electrons. The largest absolute Gasteiger partial charge is 0.454 e. The number of ketones is 1. The minimum atomic E-state index is -4.16. The number of hydrogen-bond donors (Lipinski definition) is 1. The average Bonchev–Trinajstić information content (AvgIpc) is 3.50. The van der Waals surface area contributed by atoms with Crippen molar-refractivity contribution in [3.05, 3.63) is 50.3 Å². The molecule has 0 aliphatic carbocycles. The zero-order valence-electron chi connectivity index (χ0n) is 17.2. The standard InChI is InChI=1S/C18H12ClN3O6S2.C2H3N/c1-9-16(19)18(28-21-9)22-30(24,25)15-2-3-29-17(15)12(23)4-10-5-13-14(27-8-26-13)6-11(10)7-20;1-2-3/h2-3,5-6,22H,4,8H2,1H3;1H3. The van der Waals surface area contributed by atoms with Crippen LogP contribution in [0, 0.1) is 29.6 Å². The molecule has 1 N–H and O–H groups in total. The molecule has 0 fully saturated rings. The van der Waals surface area contributed by atoms with Crippen LogP contribution in [0.2, 0.25) is 5.02 Å². The van der Waals surface area contributed by atoms with Gasteiger partial charge in [0.1, 0.15) is 15.6 Å². The Balaban J connectivity index is 0.000000968. The number of rotatable bonds is 6. The number of halogens is 1. The van der Waals surface area contributed by atoms with Crippen LogP contribution < -0.4 is 14.2 Å². The summed E-state index contributed by atoms with van der Waals surface area (Å²) in [6.07, 6.45) is -0.190. The summed E-state index contributed by atoms with van der Waals surface area (Å²) in [6.45, 7) is 3.02. The first kappa shape index (κ1) is 24.1. The molecule has 0 saturated heterocycles. The summed E-state index contributed by atoms with van der Waals surface area (Å²) in [5, 5.41) is 21.8. The van der Waals surface area contributed by atoms with E-state index in [2.05, 4.69) is 9.88 Å². The number of Topliss-reactive ketones (excluding diaryl/α,β-unsaturated/α-hetero) is 1. The van der Waals surface area contributed by atoms with Crippen LogP contribution in [-0.4, -0.2) is 26.2 Å². The summed E-state index contributed by atoms with van der Waals surface area (Å²) in [7, 11) is -4.16. The van der Waals surface area contributed by atoms with Crippen molar-refractivity contribution in [2.75, 3.05) is 11.5 Å². The molecule has 1 aliphatic rings. The number of aryl methyl sites for hydroxylation is 1. The Labute approximate surface area is 197 Å². The Morgan fingerprint density at radius 1 is 1.30 bits per heavy atom. The number of thiophene rings is 1. The Morgan fingerprint density at radius 2 is 1.97 bits per heavy atom. The molecule has 0 unspecified atom stereocenters. The lowest BCUT2D eigenvalue weighted by atomic mass is 10.0. The number of aromatic nitrogens is 1. The Morgan fingerprint density at radius 3 is 2.58 bits per heavy atom. The number of anilines is 1. The van der Waals surface area contributed by atoms with Gasteiger partial charge < -0.3 is 14.0 Å². The number of nitrogens with one attached hydrogen (secondary N) is 1. The Bertz CT molecular complexity index is 1400. The van der Waals surface area contributed by atoms with Crippen molar-refractivity contribution in [1.82, 2.24) is 5.16 Å². The predicted octanol–water partition coefficient (Wildman–Crippen LogP) is 4.05. The van der Waals surface area contributed by atoms with Crippen molar-refractivity contribution in [2.45, 2.75) is 25.2 Å². The molecule has 2 aromatic heterocycles. The molecule has 4 rings (SSSR count). The SMILES string of the molecule is CC#N.Cc1noc(NS(=O)(=O)c2ccsc2C(=O)Cc2cc3c(cc2C#N)OCO3)c1Cl. The molecule has 0 atom stereocenters. The van der Waals surface area contributed by atoms with E-state index in [4.69, 9.17) is 30.9 Å². The quantitative estimate of drug-likeness (QED) is 0.487. The van der Waals surface area contributed by atoms with Gasteiger partial charge in [0.05, 0.1) is 22.6 Å². The minimum Gasteiger partial charge on any atom is -0.454 e. The number of carbonyl (C=O) groups is 1. The lowest BCUT2D eigenvalue weighted by Gasteiger charge is -2.08. The van der Waals surface area contributed by atoms with E-state index < -0.39 is 15.8 Å². The van der Waals surface area contributed by atoms with Gasteiger partial charge in [-0.3, -0.25) is 4.79 Å². The van der Waals surface area contributed by atoms with Gasteiger partial charge >= 0.3 is 0 Å². The smallest absolute Gasteiger partial charge is 0.265 e. The first-order chi connectivity index (χ1) is 15.7. The highest BCUT2D eigenvalue weighted by atomic mass is 35.5. The number of sulfonamides is 1. The van der Waals surface area contributed by atoms with Crippen LogP contribution >= 0.6 is 22.9 Å². The molecule has 0 radical (unpaired) electrons. The number of hydrogen-bond acceptors (Lipinski definition) is 10. The van der Waals surface area contributed by atoms with E-state index in [0.29, 0.717) is 22.8 Å². The van der Waals surface area contributed by atoms with E-state index >= 15 is 0 Å². The van der Waals surface area contributed by atoms with Crippen LogP contribution in [0.5, 0.6) is 11.5 Å². The van der Waals surface area contributed by atoms with Gasteiger partial charge in [-0.1, -0.05) is 16.8 Å². The molecule has 3 heterocycles. The third-order valence-electron chi connectivity index (χ3n) is 4.26. The second-order valence-corrected chi connectivity index (χ2v) is 9.37. The van der Waals surface area contributed by atoms with Crippen LogP contribution in [0.15, 0.2) is 33.0 Å². The summed E-state index contributed by atoms with van der Waals surface area (Å²) in [6, 6.07) is 8.12. The van der Waals surface area contributed by atoms with Crippen LogP contribution in [0.25, 0.3) is 0 Å². The second-order valence-electron chi connectivity index (χ2n) is 6.43. The lowest BCUT2D eigenvalue weighted by Crippen LogP contribution is -2.16. The van der Waals surface area contributed by atoms with Crippen LogP contribution in [0.1, 0.15) is 33.4 Å². The van der Waals surface area contributed by atoms with Gasteiger partial charge in [0.2, 0.25) is 6.79 Å². The summed E-state index contributed by atoms with van der Waals surface area (Å²) >= 11 is 6.94. The summed E-state index contributed by atoms with van der Waals surface area (Å²) in [5.74, 6) is 0.139. The van der Waals surface area contributed by atoms with Gasteiger partial charge in [-0.15, -0.1) is 11.3 Å². The van der Waals surface area contributed by atoms with Crippen molar-refractivity contribution in [1.29, 1.82) is 10.5 Å². The molecule has 0 saturated carbocycles. The van der Waals surface area contributed by atoms with Crippen molar-refractivity contribution in [2.24, 2.45) is 0 Å². The number of nitriles is 2. The monoisotopic (exact) mass is 506 g/mol.